The number of H-pyrrole nitrogens is 1. The number of benzene rings is 2. The van der Waals surface area contributed by atoms with E-state index in [1.165, 1.54) is 0 Å². The fraction of sp³-hybridized carbons (Fsp3) is 0. The van der Waals surface area contributed by atoms with Crippen molar-refractivity contribution in [2.45, 2.75) is 0 Å². The number of rotatable bonds is 1. The van der Waals surface area contributed by atoms with Crippen molar-refractivity contribution in [3.05, 3.63) is 61.8 Å². The molecule has 0 aliphatic heterocycles. The van der Waals surface area contributed by atoms with Crippen LogP contribution in [0.1, 0.15) is 0 Å². The van der Waals surface area contributed by atoms with Gasteiger partial charge in [0.05, 0.1) is 15.4 Å². The Labute approximate surface area is 129 Å². The predicted molar refractivity (Wildman–Crippen MR) is 82.8 cm³/mol. The topological polar surface area (TPSA) is 45.8 Å². The van der Waals surface area contributed by atoms with Crippen LogP contribution >= 0.6 is 34.8 Å². The Balaban J connectivity index is 2.42. The van der Waals surface area contributed by atoms with E-state index in [4.69, 9.17) is 34.8 Å². The molecule has 1 aromatic heterocycles. The van der Waals surface area contributed by atoms with Crippen LogP contribution < -0.4 is 5.56 Å². The largest absolute Gasteiger partial charge is 0.272 e. The Bertz CT molecular complexity index is 851. The van der Waals surface area contributed by atoms with Gasteiger partial charge in [0.15, 0.2) is 0 Å². The summed E-state index contributed by atoms with van der Waals surface area (Å²) in [6.45, 7) is 0. The molecule has 3 rings (SSSR count). The summed E-state index contributed by atoms with van der Waals surface area (Å²) in [5.41, 5.74) is 0.808. The molecule has 100 valence electrons. The first-order valence-electron chi connectivity index (χ1n) is 5.70. The van der Waals surface area contributed by atoms with E-state index in [9.17, 15) is 4.79 Å². The number of nitrogens with zero attached hydrogens (tertiary/aromatic N) is 1. The molecule has 3 nitrogen and oxygen atoms in total. The predicted octanol–water partition coefficient (Wildman–Crippen LogP) is 4.55. The number of aromatic nitrogens is 2. The Hall–Kier alpha value is -1.55. The van der Waals surface area contributed by atoms with Gasteiger partial charge in [0.1, 0.15) is 5.69 Å². The molecule has 0 atom stereocenters. The van der Waals surface area contributed by atoms with Crippen molar-refractivity contribution < 1.29 is 0 Å². The minimum absolute atomic E-state index is 0.259. The molecule has 0 saturated heterocycles. The highest BCUT2D eigenvalue weighted by atomic mass is 35.5. The quantitative estimate of drug-likeness (QED) is 0.713. The molecule has 0 fully saturated rings. The third-order valence-electron chi connectivity index (χ3n) is 2.94. The van der Waals surface area contributed by atoms with E-state index in [1.807, 2.05) is 6.07 Å². The monoisotopic (exact) mass is 324 g/mol. The van der Waals surface area contributed by atoms with Crippen LogP contribution in [-0.4, -0.2) is 10.2 Å². The molecule has 0 aliphatic carbocycles. The Kier molecular flexibility index (Phi) is 3.42. The van der Waals surface area contributed by atoms with E-state index in [0.29, 0.717) is 37.1 Å². The second-order valence-electron chi connectivity index (χ2n) is 4.19. The van der Waals surface area contributed by atoms with Gasteiger partial charge in [0.25, 0.3) is 5.56 Å². The second-order valence-corrected chi connectivity index (χ2v) is 5.44. The molecule has 20 heavy (non-hydrogen) atoms. The van der Waals surface area contributed by atoms with Crippen molar-refractivity contribution >= 4 is 45.6 Å². The lowest BCUT2D eigenvalue weighted by atomic mass is 10.1. The van der Waals surface area contributed by atoms with Gasteiger partial charge in [-0.2, -0.15) is 5.10 Å². The molecule has 2 aromatic carbocycles. The van der Waals surface area contributed by atoms with Crippen LogP contribution in [0.25, 0.3) is 22.0 Å². The van der Waals surface area contributed by atoms with E-state index in [-0.39, 0.29) is 5.56 Å². The van der Waals surface area contributed by atoms with E-state index in [1.54, 1.807) is 30.3 Å². The SMILES string of the molecule is O=c1[nH]nc(-c2c(Cl)cc(Cl)cc2Cl)c2ccccc12. The van der Waals surface area contributed by atoms with Crippen LogP contribution in [0.5, 0.6) is 0 Å². The first-order chi connectivity index (χ1) is 9.58. The summed E-state index contributed by atoms with van der Waals surface area (Å²) in [6, 6.07) is 10.3. The van der Waals surface area contributed by atoms with Gasteiger partial charge in [-0.05, 0) is 18.2 Å². The Morgan fingerprint density at radius 3 is 2.20 bits per heavy atom. The third kappa shape index (κ3) is 2.18. The van der Waals surface area contributed by atoms with Crippen molar-refractivity contribution in [3.63, 3.8) is 0 Å². The fourth-order valence-electron chi connectivity index (χ4n) is 2.07. The summed E-state index contributed by atoms with van der Waals surface area (Å²) in [5.74, 6) is 0. The van der Waals surface area contributed by atoms with Crippen LogP contribution in [0.4, 0.5) is 0 Å². The number of aromatic amines is 1. The summed E-state index contributed by atoms with van der Waals surface area (Å²) in [6.07, 6.45) is 0. The zero-order valence-electron chi connectivity index (χ0n) is 9.95. The number of hydrogen-bond donors (Lipinski definition) is 1. The zero-order chi connectivity index (χ0) is 14.3. The number of halogens is 3. The summed E-state index contributed by atoms with van der Waals surface area (Å²) in [4.78, 5) is 11.8. The summed E-state index contributed by atoms with van der Waals surface area (Å²) in [7, 11) is 0. The second kappa shape index (κ2) is 5.09. The van der Waals surface area contributed by atoms with Gasteiger partial charge < -0.3 is 0 Å². The first-order valence-corrected chi connectivity index (χ1v) is 6.83. The molecular formula is C14H7Cl3N2O. The van der Waals surface area contributed by atoms with Gasteiger partial charge >= 0.3 is 0 Å². The molecule has 0 saturated carbocycles. The molecule has 0 spiro atoms. The molecule has 6 heteroatoms. The van der Waals surface area contributed by atoms with Gasteiger partial charge in [-0.15, -0.1) is 0 Å². The smallest absolute Gasteiger partial charge is 0.267 e. The molecule has 0 aliphatic rings. The summed E-state index contributed by atoms with van der Waals surface area (Å²) < 4.78 is 0. The lowest BCUT2D eigenvalue weighted by Crippen LogP contribution is -2.09. The van der Waals surface area contributed by atoms with Gasteiger partial charge in [0, 0.05) is 16.0 Å². The number of nitrogens with one attached hydrogen (secondary N) is 1. The van der Waals surface area contributed by atoms with Gasteiger partial charge in [-0.25, -0.2) is 5.10 Å². The number of fused-ring (bicyclic) bond motifs is 1. The molecule has 0 bridgehead atoms. The van der Waals surface area contributed by atoms with Crippen molar-refractivity contribution in [2.24, 2.45) is 0 Å². The minimum atomic E-state index is -0.259. The zero-order valence-corrected chi connectivity index (χ0v) is 12.2. The first kappa shape index (κ1) is 13.4. The summed E-state index contributed by atoms with van der Waals surface area (Å²) in [5, 5.41) is 8.95. The van der Waals surface area contributed by atoms with E-state index in [2.05, 4.69) is 10.2 Å². The van der Waals surface area contributed by atoms with Crippen LogP contribution in [-0.2, 0) is 0 Å². The molecule has 1 heterocycles. The Morgan fingerprint density at radius 2 is 1.55 bits per heavy atom. The van der Waals surface area contributed by atoms with Crippen molar-refractivity contribution in [1.29, 1.82) is 0 Å². The van der Waals surface area contributed by atoms with Crippen molar-refractivity contribution in [1.82, 2.24) is 10.2 Å². The van der Waals surface area contributed by atoms with Gasteiger partial charge in [-0.1, -0.05) is 53.0 Å². The molecule has 0 radical (unpaired) electrons. The Morgan fingerprint density at radius 1 is 0.950 bits per heavy atom. The van der Waals surface area contributed by atoms with Crippen LogP contribution in [0.2, 0.25) is 15.1 Å². The third-order valence-corrected chi connectivity index (χ3v) is 3.75. The van der Waals surface area contributed by atoms with E-state index in [0.717, 1.165) is 0 Å². The van der Waals surface area contributed by atoms with Crippen LogP contribution in [0, 0.1) is 0 Å². The minimum Gasteiger partial charge on any atom is -0.267 e. The maximum absolute atomic E-state index is 11.8. The lowest BCUT2D eigenvalue weighted by Gasteiger charge is -2.09. The molecule has 3 aromatic rings. The molecule has 0 unspecified atom stereocenters. The van der Waals surface area contributed by atoms with E-state index >= 15 is 0 Å². The molecular weight excluding hydrogens is 319 g/mol. The highest BCUT2D eigenvalue weighted by Gasteiger charge is 2.15. The number of hydrogen-bond acceptors (Lipinski definition) is 2. The molecule has 0 amide bonds. The van der Waals surface area contributed by atoms with Gasteiger partial charge in [-0.3, -0.25) is 4.79 Å². The van der Waals surface area contributed by atoms with E-state index < -0.39 is 0 Å². The highest BCUT2D eigenvalue weighted by molar-refractivity contribution is 6.42. The lowest BCUT2D eigenvalue weighted by molar-refractivity contribution is 1.02. The summed E-state index contributed by atoms with van der Waals surface area (Å²) >= 11 is 18.3. The van der Waals surface area contributed by atoms with Crippen LogP contribution in [0.15, 0.2) is 41.2 Å². The normalized spacial score (nSPS) is 10.9. The maximum atomic E-state index is 11.8. The fourth-order valence-corrected chi connectivity index (χ4v) is 3.07. The van der Waals surface area contributed by atoms with Crippen molar-refractivity contribution in [2.75, 3.05) is 0 Å². The maximum Gasteiger partial charge on any atom is 0.272 e. The standard InChI is InChI=1S/C14H7Cl3N2O/c15-7-5-10(16)12(11(17)6-7)13-8-3-1-2-4-9(8)14(20)19-18-13/h1-6H,(H,19,20). The van der Waals surface area contributed by atoms with Crippen LogP contribution in [0.3, 0.4) is 0 Å². The van der Waals surface area contributed by atoms with Gasteiger partial charge in [0.2, 0.25) is 0 Å². The average molecular weight is 326 g/mol. The average Bonchev–Trinajstić information content (AvgIpc) is 2.40. The molecule has 1 N–H and O–H groups in total. The van der Waals surface area contributed by atoms with Crippen molar-refractivity contribution in [3.8, 4) is 11.3 Å². The highest BCUT2D eigenvalue weighted by Crippen LogP contribution is 2.38.